The number of nitrogens with two attached hydrogens (primary N) is 1. The molecule has 0 spiro atoms. The summed E-state index contributed by atoms with van der Waals surface area (Å²) in [4.78, 5) is 7.54. The Morgan fingerprint density at radius 1 is 0.872 bits per heavy atom. The second kappa shape index (κ2) is 12.2. The topological polar surface area (TPSA) is 47.8 Å². The molecule has 12 heteroatoms. The van der Waals surface area contributed by atoms with Crippen LogP contribution >= 0.6 is 12.2 Å². The molecule has 214 valence electrons. The van der Waals surface area contributed by atoms with Gasteiger partial charge in [-0.3, -0.25) is 4.90 Å². The number of piperidine rings is 1. The van der Waals surface area contributed by atoms with Crippen LogP contribution in [0.25, 0.3) is 0 Å². The summed E-state index contributed by atoms with van der Waals surface area (Å²) < 4.78 is 77.8. The fourth-order valence-corrected chi connectivity index (χ4v) is 5.43. The van der Waals surface area contributed by atoms with Gasteiger partial charge in [-0.2, -0.15) is 26.3 Å². The minimum absolute atomic E-state index is 0.0646. The molecular formula is C27H33F6N5S. The Hall–Kier alpha value is -2.73. The summed E-state index contributed by atoms with van der Waals surface area (Å²) in [5, 5.41) is 3.20. The average molecular weight is 574 g/mol. The molecule has 0 amide bonds. The first-order chi connectivity index (χ1) is 18.4. The monoisotopic (exact) mass is 573 g/mol. The number of piperazine rings is 1. The summed E-state index contributed by atoms with van der Waals surface area (Å²) in [6.07, 6.45) is -5.55. The Kier molecular flexibility index (Phi) is 9.15. The fourth-order valence-electron chi connectivity index (χ4n) is 5.10. The molecule has 2 heterocycles. The lowest BCUT2D eigenvalue weighted by molar-refractivity contribution is -0.138. The number of benzene rings is 2. The third kappa shape index (κ3) is 7.91. The maximum Gasteiger partial charge on any atom is 0.418 e. The van der Waals surface area contributed by atoms with Crippen molar-refractivity contribution in [2.75, 3.05) is 61.8 Å². The SMILES string of the molecule is Nc1ccc(NC2CCN(C(=S)CCCN3CCN(c4ccc(C(F)(F)F)cc4)CC3)CC2)cc1C(F)(F)F. The molecule has 0 radical (unpaired) electrons. The maximum absolute atomic E-state index is 13.1. The third-order valence-electron chi connectivity index (χ3n) is 7.37. The maximum atomic E-state index is 13.1. The number of anilines is 3. The molecule has 4 rings (SSSR count). The van der Waals surface area contributed by atoms with Gasteiger partial charge in [0.1, 0.15) is 0 Å². The zero-order valence-corrected chi connectivity index (χ0v) is 22.3. The molecule has 5 nitrogen and oxygen atoms in total. The van der Waals surface area contributed by atoms with Crippen molar-refractivity contribution in [2.45, 2.75) is 44.1 Å². The van der Waals surface area contributed by atoms with Crippen LogP contribution in [0, 0.1) is 0 Å². The molecule has 0 aliphatic carbocycles. The van der Waals surface area contributed by atoms with Crippen LogP contribution in [0.2, 0.25) is 0 Å². The number of nitrogens with one attached hydrogen (secondary N) is 1. The fraction of sp³-hybridized carbons (Fsp3) is 0.519. The second-order valence-corrected chi connectivity index (χ2v) is 10.5. The van der Waals surface area contributed by atoms with E-state index in [0.717, 1.165) is 100 Å². The molecule has 3 N–H and O–H groups in total. The van der Waals surface area contributed by atoms with Gasteiger partial charge in [-0.25, -0.2) is 0 Å². The smallest absolute Gasteiger partial charge is 0.398 e. The van der Waals surface area contributed by atoms with Crippen molar-refractivity contribution in [3.8, 4) is 0 Å². The number of halogens is 6. The van der Waals surface area contributed by atoms with Gasteiger partial charge in [0.05, 0.1) is 16.1 Å². The Balaban J connectivity index is 1.14. The highest BCUT2D eigenvalue weighted by atomic mass is 32.1. The standard InChI is InChI=1S/C27H33F6N5S/c28-26(29,30)19-3-6-22(7-4-19)37-16-14-36(15-17-37)11-1-2-25(39)38-12-9-20(10-13-38)35-21-5-8-24(34)23(18-21)27(31,32)33/h3-8,18,20,35H,1-2,9-17,34H2. The molecule has 0 saturated carbocycles. The number of hydrogen-bond acceptors (Lipinski definition) is 5. The highest BCUT2D eigenvalue weighted by Gasteiger charge is 2.33. The number of likely N-dealkylation sites (tertiary alicyclic amines) is 1. The van der Waals surface area contributed by atoms with Crippen molar-refractivity contribution in [1.29, 1.82) is 0 Å². The van der Waals surface area contributed by atoms with Crippen LogP contribution in [0.3, 0.4) is 0 Å². The van der Waals surface area contributed by atoms with Crippen LogP contribution in [-0.2, 0) is 12.4 Å². The largest absolute Gasteiger partial charge is 0.418 e. The van der Waals surface area contributed by atoms with Gasteiger partial charge in [-0.05, 0) is 74.7 Å². The van der Waals surface area contributed by atoms with Gasteiger partial charge >= 0.3 is 12.4 Å². The molecule has 0 bridgehead atoms. The van der Waals surface area contributed by atoms with E-state index >= 15 is 0 Å². The lowest BCUT2D eigenvalue weighted by atomic mass is 10.0. The Morgan fingerprint density at radius 3 is 2.10 bits per heavy atom. The van der Waals surface area contributed by atoms with E-state index in [9.17, 15) is 26.3 Å². The van der Waals surface area contributed by atoms with E-state index in [0.29, 0.717) is 5.69 Å². The highest BCUT2D eigenvalue weighted by Crippen LogP contribution is 2.35. The number of nitrogens with zero attached hydrogens (tertiary/aromatic N) is 3. The van der Waals surface area contributed by atoms with Crippen molar-refractivity contribution in [2.24, 2.45) is 0 Å². The van der Waals surface area contributed by atoms with Gasteiger partial charge in [-0.1, -0.05) is 12.2 Å². The van der Waals surface area contributed by atoms with Gasteiger partial charge in [0.25, 0.3) is 0 Å². The van der Waals surface area contributed by atoms with Crippen LogP contribution in [0.5, 0.6) is 0 Å². The molecule has 2 fully saturated rings. The molecular weight excluding hydrogens is 540 g/mol. The number of nitrogen functional groups attached to an aromatic ring is 1. The molecule has 0 atom stereocenters. The minimum Gasteiger partial charge on any atom is -0.398 e. The number of alkyl halides is 6. The van der Waals surface area contributed by atoms with Crippen LogP contribution < -0.4 is 16.0 Å². The zero-order chi connectivity index (χ0) is 28.2. The lowest BCUT2D eigenvalue weighted by Crippen LogP contribution is -2.47. The first-order valence-corrected chi connectivity index (χ1v) is 13.5. The van der Waals surface area contributed by atoms with E-state index in [1.165, 1.54) is 18.2 Å². The number of hydrogen-bond donors (Lipinski definition) is 2. The van der Waals surface area contributed by atoms with E-state index in [-0.39, 0.29) is 11.7 Å². The van der Waals surface area contributed by atoms with Crippen LogP contribution in [0.1, 0.15) is 36.8 Å². The van der Waals surface area contributed by atoms with Gasteiger partial charge in [0.15, 0.2) is 0 Å². The average Bonchev–Trinajstić information content (AvgIpc) is 2.89. The van der Waals surface area contributed by atoms with E-state index in [4.69, 9.17) is 18.0 Å². The predicted octanol–water partition coefficient (Wildman–Crippen LogP) is 6.11. The Bertz CT molecular complexity index is 1110. The third-order valence-corrected chi connectivity index (χ3v) is 7.84. The van der Waals surface area contributed by atoms with Gasteiger partial charge in [0.2, 0.25) is 0 Å². The van der Waals surface area contributed by atoms with E-state index < -0.39 is 23.5 Å². The Morgan fingerprint density at radius 2 is 1.51 bits per heavy atom. The number of rotatable bonds is 7. The van der Waals surface area contributed by atoms with Gasteiger partial charge < -0.3 is 20.9 Å². The summed E-state index contributed by atoms with van der Waals surface area (Å²) in [5.74, 6) is 0. The van der Waals surface area contributed by atoms with Crippen molar-refractivity contribution in [3.63, 3.8) is 0 Å². The Labute approximate surface area is 229 Å². The van der Waals surface area contributed by atoms with E-state index in [2.05, 4.69) is 20.0 Å². The highest BCUT2D eigenvalue weighted by molar-refractivity contribution is 7.80. The zero-order valence-electron chi connectivity index (χ0n) is 21.5. The summed E-state index contributed by atoms with van der Waals surface area (Å²) >= 11 is 5.66. The predicted molar refractivity (Wildman–Crippen MR) is 146 cm³/mol. The normalized spacial score (nSPS) is 17.9. The molecule has 39 heavy (non-hydrogen) atoms. The first-order valence-electron chi connectivity index (χ1n) is 13.1. The lowest BCUT2D eigenvalue weighted by Gasteiger charge is -2.37. The van der Waals surface area contributed by atoms with Crippen LogP contribution in [0.15, 0.2) is 42.5 Å². The molecule has 2 saturated heterocycles. The summed E-state index contributed by atoms with van der Waals surface area (Å²) in [6, 6.07) is 9.31. The molecule has 2 aliphatic rings. The molecule has 0 unspecified atom stereocenters. The van der Waals surface area contributed by atoms with Crippen molar-refractivity contribution in [3.05, 3.63) is 53.6 Å². The quantitative estimate of drug-likeness (QED) is 0.237. The summed E-state index contributed by atoms with van der Waals surface area (Å²) in [5.41, 5.74) is 4.96. The molecule has 2 aromatic carbocycles. The van der Waals surface area contributed by atoms with Gasteiger partial charge in [-0.15, -0.1) is 0 Å². The second-order valence-electron chi connectivity index (χ2n) is 10.1. The minimum atomic E-state index is -4.49. The molecule has 2 aromatic rings. The van der Waals surface area contributed by atoms with E-state index in [1.54, 1.807) is 6.07 Å². The van der Waals surface area contributed by atoms with Crippen molar-refractivity contribution in [1.82, 2.24) is 9.80 Å². The van der Waals surface area contributed by atoms with Crippen molar-refractivity contribution < 1.29 is 26.3 Å². The van der Waals surface area contributed by atoms with Crippen LogP contribution in [0.4, 0.5) is 43.4 Å². The summed E-state index contributed by atoms with van der Waals surface area (Å²) in [6.45, 7) is 5.60. The van der Waals surface area contributed by atoms with Gasteiger partial charge in [0, 0.05) is 62.4 Å². The summed E-state index contributed by atoms with van der Waals surface area (Å²) in [7, 11) is 0. The number of thiocarbonyl (C=S) groups is 1. The van der Waals surface area contributed by atoms with E-state index in [1.807, 2.05) is 0 Å². The van der Waals surface area contributed by atoms with Crippen molar-refractivity contribution >= 4 is 34.3 Å². The van der Waals surface area contributed by atoms with Crippen LogP contribution in [-0.4, -0.2) is 66.6 Å². The first kappa shape index (κ1) is 29.3. The molecule has 2 aliphatic heterocycles. The molecule has 0 aromatic heterocycles.